The van der Waals surface area contributed by atoms with Crippen molar-refractivity contribution in [2.45, 2.75) is 31.3 Å². The molecule has 6 rings (SSSR count). The summed E-state index contributed by atoms with van der Waals surface area (Å²) in [7, 11) is 0. The van der Waals surface area contributed by atoms with Crippen LogP contribution in [0.1, 0.15) is 46.4 Å². The van der Waals surface area contributed by atoms with Crippen molar-refractivity contribution in [3.05, 3.63) is 65.4 Å². The first-order valence-corrected chi connectivity index (χ1v) is 10.1. The van der Waals surface area contributed by atoms with Crippen molar-refractivity contribution in [2.75, 3.05) is 16.3 Å². The summed E-state index contributed by atoms with van der Waals surface area (Å²) in [6.07, 6.45) is 3.93. The third-order valence-electron chi connectivity index (χ3n) is 6.41. The molecule has 1 spiro atoms. The summed E-state index contributed by atoms with van der Waals surface area (Å²) < 4.78 is 34.8. The minimum absolute atomic E-state index is 0.0611. The van der Waals surface area contributed by atoms with Gasteiger partial charge in [0.05, 0.1) is 28.2 Å². The number of halogens is 2. The summed E-state index contributed by atoms with van der Waals surface area (Å²) in [5, 5.41) is 0. The van der Waals surface area contributed by atoms with Crippen molar-refractivity contribution in [3.8, 4) is 5.75 Å². The van der Waals surface area contributed by atoms with Gasteiger partial charge in [-0.25, -0.2) is 13.7 Å². The van der Waals surface area contributed by atoms with E-state index in [1.807, 2.05) is 4.90 Å². The molecular formula is C23H18F2N2O3. The topological polar surface area (TPSA) is 49.9 Å². The Balaban J connectivity index is 1.46. The zero-order chi connectivity index (χ0) is 20.8. The lowest BCUT2D eigenvalue weighted by Gasteiger charge is -2.39. The van der Waals surface area contributed by atoms with E-state index < -0.39 is 29.0 Å². The monoisotopic (exact) mass is 408 g/mol. The average Bonchev–Trinajstić information content (AvgIpc) is 3.63. The van der Waals surface area contributed by atoms with Crippen LogP contribution in [0.5, 0.6) is 5.75 Å². The third kappa shape index (κ3) is 2.38. The number of benzene rings is 2. The van der Waals surface area contributed by atoms with Gasteiger partial charge in [-0.15, -0.1) is 0 Å². The van der Waals surface area contributed by atoms with Crippen molar-refractivity contribution in [2.24, 2.45) is 5.92 Å². The number of fused-ring (bicyclic) bond motifs is 2. The van der Waals surface area contributed by atoms with Crippen molar-refractivity contribution >= 4 is 23.2 Å². The van der Waals surface area contributed by atoms with Gasteiger partial charge < -0.3 is 9.64 Å². The van der Waals surface area contributed by atoms with E-state index in [1.165, 1.54) is 18.2 Å². The average molecular weight is 408 g/mol. The standard InChI is InChI=1S/C23H18F2N2O3/c1-12-23(6-7-23)30-20-9-17(25)18(10-19(20)26(12)11-13-2-3-13)27-21(28)15-5-4-14(24)8-16(15)22(27)29/h4-5,8-10,13H,1-3,6-7,11H2. The minimum atomic E-state index is -0.740. The highest BCUT2D eigenvalue weighted by Gasteiger charge is 2.54. The number of ether oxygens (including phenoxy) is 1. The second kappa shape index (κ2) is 5.68. The zero-order valence-corrected chi connectivity index (χ0v) is 16.1. The van der Waals surface area contributed by atoms with Gasteiger partial charge in [0, 0.05) is 12.6 Å². The molecule has 0 aromatic heterocycles. The molecule has 2 heterocycles. The van der Waals surface area contributed by atoms with Crippen molar-refractivity contribution in [3.63, 3.8) is 0 Å². The summed E-state index contributed by atoms with van der Waals surface area (Å²) in [5.41, 5.74) is 0.801. The third-order valence-corrected chi connectivity index (χ3v) is 6.41. The molecule has 0 unspecified atom stereocenters. The fraction of sp³-hybridized carbons (Fsp3) is 0.304. The molecule has 2 aliphatic heterocycles. The fourth-order valence-electron chi connectivity index (χ4n) is 4.36. The summed E-state index contributed by atoms with van der Waals surface area (Å²) in [6, 6.07) is 6.09. The van der Waals surface area contributed by atoms with E-state index in [-0.39, 0.29) is 16.8 Å². The van der Waals surface area contributed by atoms with E-state index in [9.17, 15) is 14.0 Å². The lowest BCUT2D eigenvalue weighted by molar-refractivity contribution is 0.0924. The normalized spacial score (nSPS) is 21.1. The van der Waals surface area contributed by atoms with Crippen LogP contribution in [0, 0.1) is 17.6 Å². The first kappa shape index (κ1) is 17.6. The van der Waals surface area contributed by atoms with Crippen molar-refractivity contribution in [1.29, 1.82) is 0 Å². The number of carbonyl (C=O) groups is 2. The summed E-state index contributed by atoms with van der Waals surface area (Å²) >= 11 is 0. The fourth-order valence-corrected chi connectivity index (χ4v) is 4.36. The molecular weight excluding hydrogens is 390 g/mol. The number of amides is 2. The van der Waals surface area contributed by atoms with Gasteiger partial charge in [0.25, 0.3) is 11.8 Å². The molecule has 2 aliphatic carbocycles. The lowest BCUT2D eigenvalue weighted by Crippen LogP contribution is -2.40. The first-order chi connectivity index (χ1) is 14.4. The number of hydrogen-bond acceptors (Lipinski definition) is 4. The minimum Gasteiger partial charge on any atom is -0.479 e. The maximum absolute atomic E-state index is 15.1. The van der Waals surface area contributed by atoms with Crippen LogP contribution in [0.3, 0.4) is 0 Å². The highest BCUT2D eigenvalue weighted by Crippen LogP contribution is 2.55. The Morgan fingerprint density at radius 3 is 2.47 bits per heavy atom. The Morgan fingerprint density at radius 2 is 1.77 bits per heavy atom. The van der Waals surface area contributed by atoms with E-state index >= 15 is 4.39 Å². The van der Waals surface area contributed by atoms with E-state index in [0.29, 0.717) is 17.4 Å². The van der Waals surface area contributed by atoms with E-state index in [4.69, 9.17) is 4.74 Å². The zero-order valence-electron chi connectivity index (χ0n) is 16.1. The molecule has 2 aromatic carbocycles. The number of carbonyl (C=O) groups excluding carboxylic acids is 2. The molecule has 0 radical (unpaired) electrons. The Hall–Kier alpha value is -3.22. The van der Waals surface area contributed by atoms with Crippen LogP contribution in [0.15, 0.2) is 42.6 Å². The molecule has 30 heavy (non-hydrogen) atoms. The molecule has 0 N–H and O–H groups in total. The van der Waals surface area contributed by atoms with Crippen LogP contribution in [0.4, 0.5) is 20.2 Å². The lowest BCUT2D eigenvalue weighted by atomic mass is 10.1. The molecule has 5 nitrogen and oxygen atoms in total. The Bertz CT molecular complexity index is 1170. The predicted molar refractivity (Wildman–Crippen MR) is 106 cm³/mol. The molecule has 7 heteroatoms. The highest BCUT2D eigenvalue weighted by atomic mass is 19.1. The molecule has 0 atom stereocenters. The number of imide groups is 1. The van der Waals surface area contributed by atoms with E-state index in [2.05, 4.69) is 6.58 Å². The smallest absolute Gasteiger partial charge is 0.266 e. The summed E-state index contributed by atoms with van der Waals surface area (Å²) in [4.78, 5) is 28.5. The number of hydrogen-bond donors (Lipinski definition) is 0. The molecule has 0 bridgehead atoms. The molecule has 152 valence electrons. The maximum Gasteiger partial charge on any atom is 0.266 e. The van der Waals surface area contributed by atoms with Crippen LogP contribution in [0.2, 0.25) is 0 Å². The maximum atomic E-state index is 15.1. The van der Waals surface area contributed by atoms with Crippen LogP contribution in [-0.4, -0.2) is 24.0 Å². The second-order valence-corrected chi connectivity index (χ2v) is 8.50. The van der Waals surface area contributed by atoms with Crippen LogP contribution in [-0.2, 0) is 0 Å². The van der Waals surface area contributed by atoms with Gasteiger partial charge in [0.15, 0.2) is 5.82 Å². The van der Waals surface area contributed by atoms with Gasteiger partial charge in [-0.3, -0.25) is 9.59 Å². The van der Waals surface area contributed by atoms with Gasteiger partial charge in [-0.1, -0.05) is 6.58 Å². The molecule has 2 aromatic rings. The van der Waals surface area contributed by atoms with Crippen LogP contribution >= 0.6 is 0 Å². The Morgan fingerprint density at radius 1 is 1.03 bits per heavy atom. The van der Waals surface area contributed by atoms with Crippen molar-refractivity contribution in [1.82, 2.24) is 0 Å². The first-order valence-electron chi connectivity index (χ1n) is 10.1. The van der Waals surface area contributed by atoms with E-state index in [1.54, 1.807) is 0 Å². The van der Waals surface area contributed by atoms with Crippen molar-refractivity contribution < 1.29 is 23.1 Å². The van der Waals surface area contributed by atoms with Gasteiger partial charge >= 0.3 is 0 Å². The molecule has 2 fully saturated rings. The molecule has 4 aliphatic rings. The quantitative estimate of drug-likeness (QED) is 0.706. The summed E-state index contributed by atoms with van der Waals surface area (Å²) in [5.74, 6) is -1.84. The Kier molecular flexibility index (Phi) is 3.34. The SMILES string of the molecule is C=C1N(CC2CC2)c2cc(N3C(=O)c4ccc(F)cc4C3=O)c(F)cc2OC12CC2. The number of rotatable bonds is 3. The van der Waals surface area contributed by atoms with Crippen LogP contribution < -0.4 is 14.5 Å². The van der Waals surface area contributed by atoms with Gasteiger partial charge in [-0.2, -0.15) is 0 Å². The van der Waals surface area contributed by atoms with E-state index in [0.717, 1.165) is 55.0 Å². The number of nitrogens with zero attached hydrogens (tertiary/aromatic N) is 2. The van der Waals surface area contributed by atoms with Gasteiger partial charge in [0.2, 0.25) is 0 Å². The molecule has 2 saturated carbocycles. The molecule has 2 amide bonds. The van der Waals surface area contributed by atoms with Gasteiger partial charge in [0.1, 0.15) is 17.2 Å². The second-order valence-electron chi connectivity index (χ2n) is 8.50. The van der Waals surface area contributed by atoms with Gasteiger partial charge in [-0.05, 0) is 55.9 Å². The molecule has 0 saturated heterocycles. The largest absolute Gasteiger partial charge is 0.479 e. The predicted octanol–water partition coefficient (Wildman–Crippen LogP) is 4.42. The van der Waals surface area contributed by atoms with Crippen LogP contribution in [0.25, 0.3) is 0 Å². The number of anilines is 2. The highest BCUT2D eigenvalue weighted by molar-refractivity contribution is 6.34. The summed E-state index contributed by atoms with van der Waals surface area (Å²) in [6.45, 7) is 4.98. The Labute approximate surface area is 171 Å².